The number of aromatic hydroxyl groups is 1. The zero-order valence-corrected chi connectivity index (χ0v) is 23.0. The summed E-state index contributed by atoms with van der Waals surface area (Å²) in [5.41, 5.74) is 7.21. The number of rotatable bonds is 9. The van der Waals surface area contributed by atoms with Crippen molar-refractivity contribution in [2.24, 2.45) is 5.92 Å². The molecule has 0 radical (unpaired) electrons. The summed E-state index contributed by atoms with van der Waals surface area (Å²) in [5, 5.41) is 23.0. The van der Waals surface area contributed by atoms with Crippen molar-refractivity contribution < 1.29 is 9.50 Å². The third kappa shape index (κ3) is 5.56. The lowest BCUT2D eigenvalue weighted by Crippen LogP contribution is -2.23. The minimum atomic E-state index is -0.522. The number of fused-ring (bicyclic) bond motifs is 2. The van der Waals surface area contributed by atoms with Crippen LogP contribution in [-0.4, -0.2) is 43.3 Å². The first kappa shape index (κ1) is 26.7. The molecular formula is C33H33FN6O. The number of nitrogens with one attached hydrogen (secondary N) is 3. The van der Waals surface area contributed by atoms with E-state index in [9.17, 15) is 9.50 Å². The minimum absolute atomic E-state index is 0.147. The van der Waals surface area contributed by atoms with Crippen LogP contribution in [0.5, 0.6) is 5.75 Å². The number of benzene rings is 1. The molecule has 0 saturated heterocycles. The lowest BCUT2D eigenvalue weighted by molar-refractivity contribution is 0.469. The molecule has 208 valence electrons. The number of nitrogens with zero attached hydrogens (tertiary/aromatic N) is 3. The van der Waals surface area contributed by atoms with Gasteiger partial charge >= 0.3 is 0 Å². The van der Waals surface area contributed by atoms with Crippen molar-refractivity contribution in [1.82, 2.24) is 30.5 Å². The van der Waals surface area contributed by atoms with E-state index in [0.29, 0.717) is 11.3 Å². The number of H-pyrrole nitrogens is 2. The van der Waals surface area contributed by atoms with Crippen molar-refractivity contribution in [1.29, 1.82) is 0 Å². The zero-order valence-electron chi connectivity index (χ0n) is 23.0. The molecule has 0 aliphatic heterocycles. The van der Waals surface area contributed by atoms with Gasteiger partial charge in [-0.25, -0.2) is 4.39 Å². The van der Waals surface area contributed by atoms with E-state index in [1.165, 1.54) is 37.8 Å². The van der Waals surface area contributed by atoms with Crippen LogP contribution >= 0.6 is 0 Å². The summed E-state index contributed by atoms with van der Waals surface area (Å²) >= 11 is 0. The van der Waals surface area contributed by atoms with Crippen molar-refractivity contribution in [3.8, 4) is 28.4 Å². The minimum Gasteiger partial charge on any atom is -0.508 e. The number of hydrogen-bond donors (Lipinski definition) is 4. The van der Waals surface area contributed by atoms with E-state index in [-0.39, 0.29) is 5.75 Å². The molecule has 0 atom stereocenters. The Hall–Kier alpha value is -4.56. The second kappa shape index (κ2) is 11.5. The van der Waals surface area contributed by atoms with Gasteiger partial charge in [-0.05, 0) is 79.8 Å². The number of hydrogen-bond acceptors (Lipinski definition) is 5. The summed E-state index contributed by atoms with van der Waals surface area (Å²) in [5.74, 6) is 0.111. The fourth-order valence-electron chi connectivity index (χ4n) is 5.72. The van der Waals surface area contributed by atoms with E-state index in [1.54, 1.807) is 12.4 Å². The quantitative estimate of drug-likeness (QED) is 0.145. The van der Waals surface area contributed by atoms with Crippen molar-refractivity contribution in [2.45, 2.75) is 32.6 Å². The molecule has 8 heteroatoms. The van der Waals surface area contributed by atoms with Gasteiger partial charge in [-0.2, -0.15) is 5.10 Å². The number of allylic oxidation sites excluding steroid dienone is 3. The molecule has 4 aromatic heterocycles. The molecule has 6 rings (SSSR count). The van der Waals surface area contributed by atoms with E-state index in [4.69, 9.17) is 4.98 Å². The number of phenolic OH excluding ortho intramolecular Hbond substituents is 1. The summed E-state index contributed by atoms with van der Waals surface area (Å²) < 4.78 is 14.0. The Labute approximate surface area is 237 Å². The van der Waals surface area contributed by atoms with Gasteiger partial charge in [-0.15, -0.1) is 0 Å². The summed E-state index contributed by atoms with van der Waals surface area (Å²) in [6.07, 6.45) is 14.9. The van der Waals surface area contributed by atoms with Crippen molar-refractivity contribution >= 4 is 27.4 Å². The van der Waals surface area contributed by atoms with Gasteiger partial charge in [-0.3, -0.25) is 15.1 Å². The topological polar surface area (TPSA) is 103 Å². The molecule has 7 nitrogen and oxygen atoms in total. The number of aromatic amines is 2. The van der Waals surface area contributed by atoms with Crippen LogP contribution in [0.15, 0.2) is 79.2 Å². The Balaban J connectivity index is 1.32. The number of halogens is 1. The Morgan fingerprint density at radius 1 is 1.10 bits per heavy atom. The number of phenols is 1. The Kier molecular flexibility index (Phi) is 7.48. The van der Waals surface area contributed by atoms with Gasteiger partial charge in [0.15, 0.2) is 0 Å². The van der Waals surface area contributed by atoms with Crippen LogP contribution in [0, 0.1) is 11.7 Å². The highest BCUT2D eigenvalue weighted by Gasteiger charge is 2.17. The molecule has 1 aliphatic rings. The molecule has 1 aromatic carbocycles. The molecular weight excluding hydrogens is 515 g/mol. The van der Waals surface area contributed by atoms with E-state index in [0.717, 1.165) is 75.1 Å². The first-order valence-corrected chi connectivity index (χ1v) is 14.0. The fourth-order valence-corrected chi connectivity index (χ4v) is 5.72. The second-order valence-electron chi connectivity index (χ2n) is 10.6. The van der Waals surface area contributed by atoms with Crippen LogP contribution in [0.3, 0.4) is 0 Å². The molecule has 0 unspecified atom stereocenters. The average molecular weight is 549 g/mol. The van der Waals surface area contributed by atoms with E-state index in [1.807, 2.05) is 31.2 Å². The predicted octanol–water partition coefficient (Wildman–Crippen LogP) is 7.31. The largest absolute Gasteiger partial charge is 0.508 e. The molecule has 1 aliphatic carbocycles. The number of aromatic nitrogens is 5. The van der Waals surface area contributed by atoms with Crippen molar-refractivity contribution in [3.63, 3.8) is 0 Å². The van der Waals surface area contributed by atoms with Crippen molar-refractivity contribution in [3.05, 3.63) is 90.7 Å². The van der Waals surface area contributed by atoms with Crippen LogP contribution in [-0.2, 0) is 0 Å². The van der Waals surface area contributed by atoms with Crippen LogP contribution < -0.4 is 5.32 Å². The normalized spacial score (nSPS) is 14.9. The summed E-state index contributed by atoms with van der Waals surface area (Å²) in [7, 11) is 0. The summed E-state index contributed by atoms with van der Waals surface area (Å²) in [6.45, 7) is 7.86. The maximum absolute atomic E-state index is 14.0. The highest BCUT2D eigenvalue weighted by atomic mass is 19.1. The summed E-state index contributed by atoms with van der Waals surface area (Å²) in [6, 6.07) is 9.81. The highest BCUT2D eigenvalue weighted by Crippen LogP contribution is 2.34. The lowest BCUT2D eigenvalue weighted by atomic mass is 10.0. The number of pyridine rings is 2. The standard InChI is InChI=1S/C33H33FN6O/c1-3-20(17-35-18-21-7-5-6-8-21)11-22(4-2)29-15-27-31(19-37-29)39-40-33(27)30-16-26-28(38-30)9-10-36-32(26)23-12-24(34)14-25(41)13-23/h3-4,9-16,19,21,35,38,41H,1,5-8,17-18H2,2H3,(H,39,40)/b20-11+,22-4+. The van der Waals surface area contributed by atoms with E-state index in [2.05, 4.69) is 44.2 Å². The first-order valence-electron chi connectivity index (χ1n) is 14.0. The van der Waals surface area contributed by atoms with Crippen LogP contribution in [0.2, 0.25) is 0 Å². The van der Waals surface area contributed by atoms with Gasteiger partial charge in [0.05, 0.1) is 28.8 Å². The van der Waals surface area contributed by atoms with Gasteiger partial charge in [0.2, 0.25) is 0 Å². The molecule has 0 amide bonds. The van der Waals surface area contributed by atoms with E-state index >= 15 is 0 Å². The molecule has 4 heterocycles. The maximum Gasteiger partial charge on any atom is 0.127 e. The SMILES string of the molecule is C=C/C(=C\C(=C/C)c1cc2c(-c3cc4c(-c5cc(O)cc(F)c5)nccc4[nH]3)n[nH]c2cn1)CNCC1CCCC1. The molecule has 0 bridgehead atoms. The zero-order chi connectivity index (χ0) is 28.3. The van der Waals surface area contributed by atoms with Crippen molar-refractivity contribution in [2.75, 3.05) is 13.1 Å². The van der Waals surface area contributed by atoms with Gasteiger partial charge in [-0.1, -0.05) is 31.6 Å². The van der Waals surface area contributed by atoms with E-state index < -0.39 is 5.82 Å². The third-order valence-electron chi connectivity index (χ3n) is 7.85. The molecule has 5 aromatic rings. The van der Waals surface area contributed by atoms with Gasteiger partial charge in [0, 0.05) is 40.7 Å². The molecule has 1 saturated carbocycles. The van der Waals surface area contributed by atoms with Gasteiger partial charge in [0.25, 0.3) is 0 Å². The smallest absolute Gasteiger partial charge is 0.127 e. The van der Waals surface area contributed by atoms with Crippen LogP contribution in [0.4, 0.5) is 4.39 Å². The predicted molar refractivity (Wildman–Crippen MR) is 163 cm³/mol. The highest BCUT2D eigenvalue weighted by molar-refractivity contribution is 6.00. The third-order valence-corrected chi connectivity index (χ3v) is 7.85. The molecule has 0 spiro atoms. The lowest BCUT2D eigenvalue weighted by Gasteiger charge is -2.11. The van der Waals surface area contributed by atoms with Crippen LogP contribution in [0.1, 0.15) is 38.3 Å². The molecule has 1 fully saturated rings. The Bertz CT molecular complexity index is 1770. The van der Waals surface area contributed by atoms with Gasteiger partial charge in [0.1, 0.15) is 17.3 Å². The molecule has 4 N–H and O–H groups in total. The Morgan fingerprint density at radius 2 is 1.93 bits per heavy atom. The monoisotopic (exact) mass is 548 g/mol. The first-order chi connectivity index (χ1) is 20.0. The van der Waals surface area contributed by atoms with Crippen LogP contribution in [0.25, 0.3) is 50.0 Å². The second-order valence-corrected chi connectivity index (χ2v) is 10.6. The maximum atomic E-state index is 14.0. The molecule has 41 heavy (non-hydrogen) atoms. The Morgan fingerprint density at radius 3 is 2.71 bits per heavy atom. The average Bonchev–Trinajstić information content (AvgIpc) is 3.73. The summed E-state index contributed by atoms with van der Waals surface area (Å²) in [4.78, 5) is 12.6. The fraction of sp³-hybridized carbons (Fsp3) is 0.242. The van der Waals surface area contributed by atoms with Gasteiger partial charge < -0.3 is 15.4 Å².